The van der Waals surface area contributed by atoms with Gasteiger partial charge in [0.1, 0.15) is 0 Å². The molecule has 0 saturated carbocycles. The van der Waals surface area contributed by atoms with E-state index in [4.69, 9.17) is 9.47 Å². The standard InChI is InChI=1S/C14H16N2O4S2/c1-2-21-14-15-10-6-22(17,18)7-11(10)16(14)9-3-4-12-13(5-9)20-8-19-12/h3-5,10-11H,2,6-8H2,1H3/t10-,11+/m0/s1. The van der Waals surface area contributed by atoms with Crippen LogP contribution in [0.3, 0.4) is 0 Å². The van der Waals surface area contributed by atoms with Gasteiger partial charge in [0, 0.05) is 11.8 Å². The van der Waals surface area contributed by atoms with E-state index in [0.717, 1.165) is 22.4 Å². The number of rotatable bonds is 2. The second kappa shape index (κ2) is 5.06. The third kappa shape index (κ3) is 2.25. The Bertz CT molecular complexity index is 747. The van der Waals surface area contributed by atoms with E-state index in [1.165, 1.54) is 0 Å². The molecule has 1 fully saturated rings. The highest BCUT2D eigenvalue weighted by molar-refractivity contribution is 8.14. The largest absolute Gasteiger partial charge is 0.454 e. The van der Waals surface area contributed by atoms with E-state index in [1.54, 1.807) is 11.8 Å². The monoisotopic (exact) mass is 340 g/mol. The van der Waals surface area contributed by atoms with Gasteiger partial charge in [0.05, 0.1) is 23.6 Å². The van der Waals surface area contributed by atoms with E-state index in [2.05, 4.69) is 11.9 Å². The minimum absolute atomic E-state index is 0.112. The summed E-state index contributed by atoms with van der Waals surface area (Å²) < 4.78 is 34.6. The summed E-state index contributed by atoms with van der Waals surface area (Å²) in [6.07, 6.45) is 0. The number of thioether (sulfide) groups is 1. The van der Waals surface area contributed by atoms with Crippen LogP contribution < -0.4 is 14.4 Å². The summed E-state index contributed by atoms with van der Waals surface area (Å²) in [5.74, 6) is 2.62. The van der Waals surface area contributed by atoms with Crippen LogP contribution in [0, 0.1) is 0 Å². The van der Waals surface area contributed by atoms with Crippen LogP contribution in [0.25, 0.3) is 0 Å². The Labute approximate surface area is 133 Å². The van der Waals surface area contributed by atoms with Crippen LogP contribution in [0.4, 0.5) is 5.69 Å². The van der Waals surface area contributed by atoms with Crippen molar-refractivity contribution in [3.05, 3.63) is 18.2 Å². The summed E-state index contributed by atoms with van der Waals surface area (Å²) in [4.78, 5) is 6.69. The van der Waals surface area contributed by atoms with Gasteiger partial charge in [-0.25, -0.2) is 8.42 Å². The normalized spacial score (nSPS) is 27.9. The molecule has 0 radical (unpaired) electrons. The molecule has 8 heteroatoms. The zero-order chi connectivity index (χ0) is 15.3. The maximum Gasteiger partial charge on any atom is 0.231 e. The number of aliphatic imine (C=N–C) groups is 1. The van der Waals surface area contributed by atoms with Crippen LogP contribution in [-0.4, -0.2) is 49.7 Å². The third-order valence-corrected chi connectivity index (χ3v) is 6.56. The van der Waals surface area contributed by atoms with Crippen LogP contribution in [-0.2, 0) is 9.84 Å². The van der Waals surface area contributed by atoms with Gasteiger partial charge >= 0.3 is 0 Å². The third-order valence-electron chi connectivity index (χ3n) is 4.02. The molecule has 3 heterocycles. The second-order valence-corrected chi connectivity index (χ2v) is 8.85. The van der Waals surface area contributed by atoms with Crippen molar-refractivity contribution in [2.24, 2.45) is 4.99 Å². The summed E-state index contributed by atoms with van der Waals surface area (Å²) in [7, 11) is -3.01. The molecular formula is C14H16N2O4S2. The van der Waals surface area contributed by atoms with Gasteiger partial charge in [0.2, 0.25) is 6.79 Å². The predicted octanol–water partition coefficient (Wildman–Crippen LogP) is 1.51. The molecule has 0 unspecified atom stereocenters. The Morgan fingerprint density at radius 1 is 1.32 bits per heavy atom. The van der Waals surface area contributed by atoms with Gasteiger partial charge in [-0.3, -0.25) is 4.99 Å². The van der Waals surface area contributed by atoms with Gasteiger partial charge in [0.25, 0.3) is 0 Å². The number of benzene rings is 1. The smallest absolute Gasteiger partial charge is 0.231 e. The molecule has 118 valence electrons. The number of hydrogen-bond acceptors (Lipinski definition) is 7. The minimum atomic E-state index is -3.01. The molecule has 1 aromatic rings. The Hall–Kier alpha value is -1.41. The first kappa shape index (κ1) is 14.2. The number of amidine groups is 1. The lowest BCUT2D eigenvalue weighted by Gasteiger charge is -2.26. The summed E-state index contributed by atoms with van der Waals surface area (Å²) >= 11 is 1.64. The summed E-state index contributed by atoms with van der Waals surface area (Å²) in [6, 6.07) is 5.43. The van der Waals surface area contributed by atoms with Gasteiger partial charge in [-0.1, -0.05) is 18.7 Å². The van der Waals surface area contributed by atoms with Crippen molar-refractivity contribution < 1.29 is 17.9 Å². The average molecular weight is 340 g/mol. The van der Waals surface area contributed by atoms with E-state index in [1.807, 2.05) is 23.1 Å². The number of nitrogens with zero attached hydrogens (tertiary/aromatic N) is 2. The molecule has 0 aliphatic carbocycles. The van der Waals surface area contributed by atoms with Crippen molar-refractivity contribution in [3.63, 3.8) is 0 Å². The zero-order valence-electron chi connectivity index (χ0n) is 12.1. The topological polar surface area (TPSA) is 68.2 Å². The molecule has 0 N–H and O–H groups in total. The van der Waals surface area contributed by atoms with E-state index >= 15 is 0 Å². The van der Waals surface area contributed by atoms with Crippen LogP contribution >= 0.6 is 11.8 Å². The molecule has 6 nitrogen and oxygen atoms in total. The molecule has 2 atom stereocenters. The van der Waals surface area contributed by atoms with Crippen molar-refractivity contribution >= 4 is 32.5 Å². The number of hydrogen-bond donors (Lipinski definition) is 0. The van der Waals surface area contributed by atoms with Gasteiger partial charge in [-0.05, 0) is 17.9 Å². The van der Waals surface area contributed by atoms with Crippen molar-refractivity contribution in [1.82, 2.24) is 0 Å². The highest BCUT2D eigenvalue weighted by atomic mass is 32.2. The Morgan fingerprint density at radius 3 is 2.95 bits per heavy atom. The first-order valence-electron chi connectivity index (χ1n) is 7.17. The van der Waals surface area contributed by atoms with Crippen LogP contribution in [0.5, 0.6) is 11.5 Å². The highest BCUT2D eigenvalue weighted by Crippen LogP contribution is 2.40. The quantitative estimate of drug-likeness (QED) is 0.813. The number of sulfone groups is 1. The molecule has 0 bridgehead atoms. The Balaban J connectivity index is 1.73. The highest BCUT2D eigenvalue weighted by Gasteiger charge is 2.47. The number of anilines is 1. The second-order valence-electron chi connectivity index (χ2n) is 5.46. The summed E-state index contributed by atoms with van der Waals surface area (Å²) in [5, 5.41) is 0.895. The van der Waals surface area contributed by atoms with Gasteiger partial charge in [0.15, 0.2) is 26.5 Å². The summed E-state index contributed by atoms with van der Waals surface area (Å²) in [6.45, 7) is 2.29. The molecule has 3 aliphatic rings. The molecule has 4 rings (SSSR count). The number of ether oxygens (including phenoxy) is 2. The molecule has 22 heavy (non-hydrogen) atoms. The fourth-order valence-corrected chi connectivity index (χ4v) is 5.79. The Morgan fingerprint density at radius 2 is 2.14 bits per heavy atom. The molecule has 0 spiro atoms. The fraction of sp³-hybridized carbons (Fsp3) is 0.500. The SMILES string of the molecule is CCSC1=N[C@H]2CS(=O)(=O)C[C@H]2N1c1ccc2c(c1)OCO2. The molecule has 1 saturated heterocycles. The molecule has 3 aliphatic heterocycles. The molecule has 0 aromatic heterocycles. The van der Waals surface area contributed by atoms with Crippen LogP contribution in [0.1, 0.15) is 6.92 Å². The van der Waals surface area contributed by atoms with Gasteiger partial charge < -0.3 is 14.4 Å². The van der Waals surface area contributed by atoms with Crippen molar-refractivity contribution in [1.29, 1.82) is 0 Å². The molecular weight excluding hydrogens is 324 g/mol. The summed E-state index contributed by atoms with van der Waals surface area (Å²) in [5.41, 5.74) is 0.911. The zero-order valence-corrected chi connectivity index (χ0v) is 13.7. The maximum atomic E-state index is 11.9. The Kier molecular flexibility index (Phi) is 3.26. The first-order chi connectivity index (χ1) is 10.6. The van der Waals surface area contributed by atoms with Crippen molar-refractivity contribution in [2.45, 2.75) is 19.0 Å². The lowest BCUT2D eigenvalue weighted by atomic mass is 10.1. The fourth-order valence-electron chi connectivity index (χ4n) is 3.10. The molecule has 0 amide bonds. The minimum Gasteiger partial charge on any atom is -0.454 e. The molecule has 1 aromatic carbocycles. The lowest BCUT2D eigenvalue weighted by molar-refractivity contribution is 0.174. The first-order valence-corrected chi connectivity index (χ1v) is 9.98. The van der Waals surface area contributed by atoms with E-state index in [-0.39, 0.29) is 30.4 Å². The van der Waals surface area contributed by atoms with E-state index in [0.29, 0.717) is 5.75 Å². The van der Waals surface area contributed by atoms with Crippen LogP contribution in [0.2, 0.25) is 0 Å². The predicted molar refractivity (Wildman–Crippen MR) is 86.8 cm³/mol. The van der Waals surface area contributed by atoms with Crippen LogP contribution in [0.15, 0.2) is 23.2 Å². The number of fused-ring (bicyclic) bond motifs is 2. The van der Waals surface area contributed by atoms with Crippen molar-refractivity contribution in [2.75, 3.05) is 29.0 Å². The van der Waals surface area contributed by atoms with Crippen molar-refractivity contribution in [3.8, 4) is 11.5 Å². The lowest BCUT2D eigenvalue weighted by Crippen LogP contribution is -2.39. The van der Waals surface area contributed by atoms with E-state index in [9.17, 15) is 8.42 Å². The van der Waals surface area contributed by atoms with Gasteiger partial charge in [-0.2, -0.15) is 0 Å². The average Bonchev–Trinajstić information content (AvgIpc) is 3.10. The van der Waals surface area contributed by atoms with Gasteiger partial charge in [-0.15, -0.1) is 0 Å². The maximum absolute atomic E-state index is 11.9. The van der Waals surface area contributed by atoms with E-state index < -0.39 is 9.84 Å².